The van der Waals surface area contributed by atoms with Crippen LogP contribution in [0.4, 0.5) is 11.4 Å². The quantitative estimate of drug-likeness (QED) is 0.808. The van der Waals surface area contributed by atoms with E-state index in [0.29, 0.717) is 19.6 Å². The van der Waals surface area contributed by atoms with E-state index in [2.05, 4.69) is 10.6 Å². The van der Waals surface area contributed by atoms with Gasteiger partial charge in [-0.15, -0.1) is 12.4 Å². The number of ether oxygens (including phenoxy) is 1. The molecule has 18 heavy (non-hydrogen) atoms. The van der Waals surface area contributed by atoms with Crippen molar-refractivity contribution in [2.45, 2.75) is 19.8 Å². The highest BCUT2D eigenvalue weighted by Crippen LogP contribution is 2.25. The fraction of sp³-hybridized carbons (Fsp3) is 0.462. The molecule has 1 aromatic rings. The topological polar surface area (TPSA) is 50.4 Å². The molecule has 0 fully saturated rings. The molecule has 1 aromatic carbocycles. The van der Waals surface area contributed by atoms with Crippen molar-refractivity contribution in [1.29, 1.82) is 0 Å². The van der Waals surface area contributed by atoms with Gasteiger partial charge >= 0.3 is 0 Å². The van der Waals surface area contributed by atoms with Crippen LogP contribution in [0.2, 0.25) is 0 Å². The molecule has 0 aliphatic carbocycles. The van der Waals surface area contributed by atoms with Crippen molar-refractivity contribution in [3.63, 3.8) is 0 Å². The molecule has 2 N–H and O–H groups in total. The third kappa shape index (κ3) is 3.89. The molecular formula is C13H19ClN2O2. The standard InChI is InChI=1S/C13H18N2O2.ClH/c1-2-17-8-6-13(16)15-11-3-4-12-10(9-11)5-7-14-12;/h3-4,9,14H,2,5-8H2,1H3,(H,15,16);1H. The van der Waals surface area contributed by atoms with E-state index in [1.165, 1.54) is 11.3 Å². The Morgan fingerprint density at radius 2 is 2.33 bits per heavy atom. The summed E-state index contributed by atoms with van der Waals surface area (Å²) in [5.74, 6) is 0.00403. The van der Waals surface area contributed by atoms with Crippen LogP contribution in [0.3, 0.4) is 0 Å². The van der Waals surface area contributed by atoms with E-state index in [4.69, 9.17) is 4.74 Å². The second kappa shape index (κ2) is 7.24. The fourth-order valence-electron chi connectivity index (χ4n) is 1.92. The molecule has 0 bridgehead atoms. The third-order valence-electron chi connectivity index (χ3n) is 2.78. The van der Waals surface area contributed by atoms with E-state index in [9.17, 15) is 4.79 Å². The monoisotopic (exact) mass is 270 g/mol. The highest BCUT2D eigenvalue weighted by Gasteiger charge is 2.10. The van der Waals surface area contributed by atoms with Crippen molar-refractivity contribution in [2.24, 2.45) is 0 Å². The van der Waals surface area contributed by atoms with E-state index in [1.807, 2.05) is 25.1 Å². The number of hydrogen-bond acceptors (Lipinski definition) is 3. The largest absolute Gasteiger partial charge is 0.384 e. The third-order valence-corrected chi connectivity index (χ3v) is 2.78. The molecule has 1 heterocycles. The first-order valence-electron chi connectivity index (χ1n) is 6.04. The first-order valence-corrected chi connectivity index (χ1v) is 6.04. The number of carbonyl (C=O) groups is 1. The Balaban J connectivity index is 0.00000162. The molecule has 100 valence electrons. The second-order valence-corrected chi connectivity index (χ2v) is 4.04. The van der Waals surface area contributed by atoms with Gasteiger partial charge < -0.3 is 15.4 Å². The van der Waals surface area contributed by atoms with Gasteiger partial charge in [0.25, 0.3) is 0 Å². The summed E-state index contributed by atoms with van der Waals surface area (Å²) in [5.41, 5.74) is 3.32. The van der Waals surface area contributed by atoms with Crippen LogP contribution in [0.5, 0.6) is 0 Å². The van der Waals surface area contributed by atoms with E-state index in [1.54, 1.807) is 0 Å². The molecule has 5 heteroatoms. The van der Waals surface area contributed by atoms with Gasteiger partial charge in [0.2, 0.25) is 5.91 Å². The lowest BCUT2D eigenvalue weighted by molar-refractivity contribution is -0.117. The van der Waals surface area contributed by atoms with Crippen molar-refractivity contribution in [2.75, 3.05) is 30.4 Å². The Labute approximate surface area is 114 Å². The number of benzene rings is 1. The minimum absolute atomic E-state index is 0. The molecule has 0 saturated carbocycles. The van der Waals surface area contributed by atoms with Crippen molar-refractivity contribution < 1.29 is 9.53 Å². The Morgan fingerprint density at radius 3 is 3.11 bits per heavy atom. The van der Waals surface area contributed by atoms with Crippen molar-refractivity contribution >= 4 is 29.7 Å². The normalized spacial score (nSPS) is 12.3. The minimum Gasteiger partial charge on any atom is -0.384 e. The van der Waals surface area contributed by atoms with Gasteiger partial charge in [0, 0.05) is 24.5 Å². The molecule has 0 atom stereocenters. The van der Waals surface area contributed by atoms with Gasteiger partial charge in [0.05, 0.1) is 13.0 Å². The Morgan fingerprint density at radius 1 is 1.50 bits per heavy atom. The highest BCUT2D eigenvalue weighted by atomic mass is 35.5. The molecule has 1 aliphatic rings. The predicted octanol–water partition coefficient (Wildman–Crippen LogP) is 2.44. The van der Waals surface area contributed by atoms with E-state index in [-0.39, 0.29) is 18.3 Å². The van der Waals surface area contributed by atoms with Crippen LogP contribution in [0.25, 0.3) is 0 Å². The number of carbonyl (C=O) groups excluding carboxylic acids is 1. The van der Waals surface area contributed by atoms with Crippen molar-refractivity contribution in [1.82, 2.24) is 0 Å². The van der Waals surface area contributed by atoms with Crippen LogP contribution < -0.4 is 10.6 Å². The van der Waals surface area contributed by atoms with Crippen LogP contribution in [-0.4, -0.2) is 25.7 Å². The van der Waals surface area contributed by atoms with Crippen LogP contribution in [0, 0.1) is 0 Å². The average Bonchev–Trinajstić information content (AvgIpc) is 2.76. The molecule has 1 amide bonds. The van der Waals surface area contributed by atoms with E-state index < -0.39 is 0 Å². The van der Waals surface area contributed by atoms with Crippen LogP contribution in [-0.2, 0) is 16.0 Å². The lowest BCUT2D eigenvalue weighted by atomic mass is 10.1. The van der Waals surface area contributed by atoms with E-state index in [0.717, 1.165) is 18.7 Å². The zero-order chi connectivity index (χ0) is 12.1. The molecule has 0 saturated heterocycles. The molecular weight excluding hydrogens is 252 g/mol. The van der Waals surface area contributed by atoms with E-state index >= 15 is 0 Å². The zero-order valence-electron chi connectivity index (χ0n) is 10.5. The predicted molar refractivity (Wildman–Crippen MR) is 75.6 cm³/mol. The van der Waals surface area contributed by atoms with Gasteiger partial charge in [0.1, 0.15) is 0 Å². The van der Waals surface area contributed by atoms with Gasteiger partial charge in [-0.05, 0) is 37.1 Å². The molecule has 1 aliphatic heterocycles. The maximum absolute atomic E-state index is 11.6. The Bertz CT molecular complexity index is 410. The van der Waals surface area contributed by atoms with Crippen molar-refractivity contribution in [3.8, 4) is 0 Å². The first-order chi connectivity index (χ1) is 8.29. The lowest BCUT2D eigenvalue weighted by Crippen LogP contribution is -2.14. The number of halogens is 1. The number of hydrogen-bond donors (Lipinski definition) is 2. The summed E-state index contributed by atoms with van der Waals surface area (Å²) in [6.07, 6.45) is 1.43. The first kappa shape index (κ1) is 14.8. The fourth-order valence-corrected chi connectivity index (χ4v) is 1.92. The smallest absolute Gasteiger partial charge is 0.226 e. The number of fused-ring (bicyclic) bond motifs is 1. The number of anilines is 2. The lowest BCUT2D eigenvalue weighted by Gasteiger charge is -2.07. The Hall–Kier alpha value is -1.26. The Kier molecular flexibility index (Phi) is 5.95. The number of nitrogens with one attached hydrogen (secondary N) is 2. The molecule has 0 unspecified atom stereocenters. The molecule has 2 rings (SSSR count). The van der Waals surface area contributed by atoms with Gasteiger partial charge in [0.15, 0.2) is 0 Å². The highest BCUT2D eigenvalue weighted by molar-refractivity contribution is 5.91. The van der Waals surface area contributed by atoms with Gasteiger partial charge in [-0.3, -0.25) is 4.79 Å². The SMILES string of the molecule is CCOCCC(=O)Nc1ccc2c(c1)CCN2.Cl. The summed E-state index contributed by atoms with van der Waals surface area (Å²) in [5, 5.41) is 6.17. The second-order valence-electron chi connectivity index (χ2n) is 4.04. The van der Waals surface area contributed by atoms with Crippen LogP contribution in [0.1, 0.15) is 18.9 Å². The van der Waals surface area contributed by atoms with Crippen LogP contribution >= 0.6 is 12.4 Å². The molecule has 4 nitrogen and oxygen atoms in total. The summed E-state index contributed by atoms with van der Waals surface area (Å²) in [4.78, 5) is 11.6. The van der Waals surface area contributed by atoms with Gasteiger partial charge in [-0.25, -0.2) is 0 Å². The number of rotatable bonds is 5. The maximum Gasteiger partial charge on any atom is 0.226 e. The molecule has 0 radical (unpaired) electrons. The van der Waals surface area contributed by atoms with Gasteiger partial charge in [-0.2, -0.15) is 0 Å². The minimum atomic E-state index is 0. The molecule has 0 aromatic heterocycles. The number of amides is 1. The molecule has 0 spiro atoms. The van der Waals surface area contributed by atoms with Crippen LogP contribution in [0.15, 0.2) is 18.2 Å². The maximum atomic E-state index is 11.6. The summed E-state index contributed by atoms with van der Waals surface area (Å²) in [6, 6.07) is 5.98. The average molecular weight is 271 g/mol. The summed E-state index contributed by atoms with van der Waals surface area (Å²) < 4.78 is 5.15. The zero-order valence-corrected chi connectivity index (χ0v) is 11.3. The summed E-state index contributed by atoms with van der Waals surface area (Å²) in [6.45, 7) is 4.04. The van der Waals surface area contributed by atoms with Crippen molar-refractivity contribution in [3.05, 3.63) is 23.8 Å². The summed E-state index contributed by atoms with van der Waals surface area (Å²) in [7, 11) is 0. The summed E-state index contributed by atoms with van der Waals surface area (Å²) >= 11 is 0. The van der Waals surface area contributed by atoms with Gasteiger partial charge in [-0.1, -0.05) is 0 Å².